The summed E-state index contributed by atoms with van der Waals surface area (Å²) in [6, 6.07) is 5.12. The Hall–Kier alpha value is -1.82. The summed E-state index contributed by atoms with van der Waals surface area (Å²) < 4.78 is 11.0. The molecule has 1 aliphatic heterocycles. The molecule has 0 aromatic heterocycles. The Kier molecular flexibility index (Phi) is 5.80. The summed E-state index contributed by atoms with van der Waals surface area (Å²) in [5, 5.41) is 14.4. The summed E-state index contributed by atoms with van der Waals surface area (Å²) in [6.07, 6.45) is 4.12. The van der Waals surface area contributed by atoms with Gasteiger partial charge in [-0.2, -0.15) is 0 Å². The van der Waals surface area contributed by atoms with Crippen molar-refractivity contribution in [1.82, 2.24) is 0 Å². The second-order valence-electron chi connectivity index (χ2n) is 5.11. The fraction of sp³-hybridized carbons (Fsp3) is 0.600. The van der Waals surface area contributed by atoms with E-state index < -0.39 is 0 Å². The number of ether oxygens (including phenoxy) is 2. The largest absolute Gasteiger partial charge is 0.487 e. The zero-order valence-electron chi connectivity index (χ0n) is 12.3. The minimum atomic E-state index is -0.389. The fourth-order valence-electron chi connectivity index (χ4n) is 2.42. The van der Waals surface area contributed by atoms with E-state index in [9.17, 15) is 10.1 Å². The molecule has 1 saturated heterocycles. The lowest BCUT2D eigenvalue weighted by atomic mass is 10.2. The van der Waals surface area contributed by atoms with E-state index in [0.717, 1.165) is 32.3 Å². The zero-order valence-corrected chi connectivity index (χ0v) is 12.3. The van der Waals surface area contributed by atoms with Crippen LogP contribution in [0.1, 0.15) is 32.6 Å². The van der Waals surface area contributed by atoms with Crippen molar-refractivity contribution < 1.29 is 14.4 Å². The highest BCUT2D eigenvalue weighted by Crippen LogP contribution is 2.34. The van der Waals surface area contributed by atoms with E-state index in [4.69, 9.17) is 9.47 Å². The zero-order chi connectivity index (χ0) is 15.1. The molecular weight excluding hydrogens is 272 g/mol. The quantitative estimate of drug-likeness (QED) is 0.588. The fourth-order valence-corrected chi connectivity index (χ4v) is 2.42. The van der Waals surface area contributed by atoms with Crippen LogP contribution < -0.4 is 10.1 Å². The minimum Gasteiger partial charge on any atom is -0.487 e. The van der Waals surface area contributed by atoms with Gasteiger partial charge in [-0.25, -0.2) is 0 Å². The van der Waals surface area contributed by atoms with Crippen LogP contribution in [0, 0.1) is 10.1 Å². The lowest BCUT2D eigenvalue weighted by Gasteiger charge is -2.13. The molecule has 1 aliphatic rings. The van der Waals surface area contributed by atoms with E-state index >= 15 is 0 Å². The lowest BCUT2D eigenvalue weighted by Crippen LogP contribution is -2.13. The van der Waals surface area contributed by atoms with Crippen molar-refractivity contribution in [1.29, 1.82) is 0 Å². The highest BCUT2D eigenvalue weighted by Gasteiger charge is 2.21. The van der Waals surface area contributed by atoms with Gasteiger partial charge in [0.15, 0.2) is 5.75 Å². The van der Waals surface area contributed by atoms with Gasteiger partial charge in [0.05, 0.1) is 17.6 Å². The Morgan fingerprint density at radius 3 is 3.05 bits per heavy atom. The highest BCUT2D eigenvalue weighted by atomic mass is 16.6. The average Bonchev–Trinajstić information content (AvgIpc) is 2.98. The SMILES string of the molecule is CCCOc1cccc(NCCC2CCCO2)c1[N+](=O)[O-]. The van der Waals surface area contributed by atoms with Crippen LogP contribution in [-0.4, -0.2) is 30.8 Å². The maximum Gasteiger partial charge on any atom is 0.333 e. The molecule has 21 heavy (non-hydrogen) atoms. The first kappa shape index (κ1) is 15.6. The van der Waals surface area contributed by atoms with Gasteiger partial charge < -0.3 is 14.8 Å². The van der Waals surface area contributed by atoms with E-state index in [2.05, 4.69) is 5.32 Å². The molecule has 1 unspecified atom stereocenters. The number of para-hydroxylation sites is 1. The topological polar surface area (TPSA) is 73.6 Å². The molecule has 2 rings (SSSR count). The molecule has 0 aliphatic carbocycles. The van der Waals surface area contributed by atoms with Crippen LogP contribution in [0.3, 0.4) is 0 Å². The maximum atomic E-state index is 11.3. The predicted octanol–water partition coefficient (Wildman–Crippen LogP) is 3.36. The first-order chi connectivity index (χ1) is 10.2. The van der Waals surface area contributed by atoms with Gasteiger partial charge >= 0.3 is 5.69 Å². The molecule has 1 aromatic carbocycles. The number of anilines is 1. The third-order valence-corrected chi connectivity index (χ3v) is 3.45. The smallest absolute Gasteiger partial charge is 0.333 e. The molecule has 6 heteroatoms. The van der Waals surface area contributed by atoms with Crippen LogP contribution in [0.4, 0.5) is 11.4 Å². The Bertz CT molecular complexity index is 473. The second kappa shape index (κ2) is 7.83. The van der Waals surface area contributed by atoms with Gasteiger partial charge in [-0.1, -0.05) is 13.0 Å². The molecule has 6 nitrogen and oxygen atoms in total. The first-order valence-electron chi connectivity index (χ1n) is 7.48. The number of hydrogen-bond donors (Lipinski definition) is 1. The third kappa shape index (κ3) is 4.32. The van der Waals surface area contributed by atoms with Gasteiger partial charge in [0.25, 0.3) is 0 Å². The standard InChI is InChI=1S/C15H22N2O4/c1-2-10-21-14-7-3-6-13(15(14)17(18)19)16-9-8-12-5-4-11-20-12/h3,6-7,12,16H,2,4-5,8-11H2,1H3. The Morgan fingerprint density at radius 2 is 2.38 bits per heavy atom. The number of hydrogen-bond acceptors (Lipinski definition) is 5. The number of rotatable bonds is 8. The van der Waals surface area contributed by atoms with Crippen molar-refractivity contribution in [2.75, 3.05) is 25.1 Å². The van der Waals surface area contributed by atoms with Gasteiger partial charge in [-0.05, 0) is 37.8 Å². The van der Waals surface area contributed by atoms with Crippen LogP contribution >= 0.6 is 0 Å². The molecule has 1 N–H and O–H groups in total. The normalized spacial score (nSPS) is 17.7. The summed E-state index contributed by atoms with van der Waals surface area (Å²) in [5.74, 6) is 0.323. The van der Waals surface area contributed by atoms with Gasteiger partial charge in [0.1, 0.15) is 5.69 Å². The van der Waals surface area contributed by atoms with Crippen LogP contribution in [0.25, 0.3) is 0 Å². The summed E-state index contributed by atoms with van der Waals surface area (Å²) in [5.41, 5.74) is 0.518. The number of nitrogens with one attached hydrogen (secondary N) is 1. The number of nitro benzene ring substituents is 1. The van der Waals surface area contributed by atoms with Crippen LogP contribution in [0.5, 0.6) is 5.75 Å². The third-order valence-electron chi connectivity index (χ3n) is 3.45. The molecule has 0 bridgehead atoms. The Morgan fingerprint density at radius 1 is 1.52 bits per heavy atom. The molecule has 0 amide bonds. The monoisotopic (exact) mass is 294 g/mol. The molecule has 0 saturated carbocycles. The van der Waals surface area contributed by atoms with Crippen LogP contribution in [-0.2, 0) is 4.74 Å². The summed E-state index contributed by atoms with van der Waals surface area (Å²) >= 11 is 0. The van der Waals surface area contributed by atoms with Gasteiger partial charge in [0, 0.05) is 13.2 Å². The van der Waals surface area contributed by atoms with Crippen molar-refractivity contribution in [3.05, 3.63) is 28.3 Å². The summed E-state index contributed by atoms with van der Waals surface area (Å²) in [7, 11) is 0. The van der Waals surface area contributed by atoms with Crippen molar-refractivity contribution in [3.8, 4) is 5.75 Å². The van der Waals surface area contributed by atoms with E-state index in [0.29, 0.717) is 24.6 Å². The number of nitrogens with zero attached hydrogens (tertiary/aromatic N) is 1. The van der Waals surface area contributed by atoms with Crippen LogP contribution in [0.15, 0.2) is 18.2 Å². The molecular formula is C15H22N2O4. The average molecular weight is 294 g/mol. The van der Waals surface area contributed by atoms with Crippen molar-refractivity contribution in [3.63, 3.8) is 0 Å². The Labute approximate surface area is 124 Å². The van der Waals surface area contributed by atoms with E-state index in [-0.39, 0.29) is 16.7 Å². The molecule has 1 aromatic rings. The molecule has 1 atom stereocenters. The molecule has 1 heterocycles. The summed E-state index contributed by atoms with van der Waals surface area (Å²) in [6.45, 7) is 3.92. The Balaban J connectivity index is 2.01. The van der Waals surface area contributed by atoms with E-state index in [1.807, 2.05) is 6.92 Å². The van der Waals surface area contributed by atoms with Crippen LogP contribution in [0.2, 0.25) is 0 Å². The second-order valence-corrected chi connectivity index (χ2v) is 5.11. The minimum absolute atomic E-state index is 0.0123. The molecule has 0 spiro atoms. The number of benzene rings is 1. The van der Waals surface area contributed by atoms with E-state index in [1.165, 1.54) is 0 Å². The van der Waals surface area contributed by atoms with Crippen molar-refractivity contribution in [2.24, 2.45) is 0 Å². The lowest BCUT2D eigenvalue weighted by molar-refractivity contribution is -0.385. The molecule has 0 radical (unpaired) electrons. The van der Waals surface area contributed by atoms with Crippen molar-refractivity contribution in [2.45, 2.75) is 38.7 Å². The predicted molar refractivity (Wildman–Crippen MR) is 81.0 cm³/mol. The maximum absolute atomic E-state index is 11.3. The summed E-state index contributed by atoms with van der Waals surface area (Å²) in [4.78, 5) is 10.9. The first-order valence-corrected chi connectivity index (χ1v) is 7.48. The van der Waals surface area contributed by atoms with Gasteiger partial charge in [0.2, 0.25) is 0 Å². The van der Waals surface area contributed by atoms with Gasteiger partial charge in [-0.15, -0.1) is 0 Å². The van der Waals surface area contributed by atoms with E-state index in [1.54, 1.807) is 18.2 Å². The molecule has 116 valence electrons. The van der Waals surface area contributed by atoms with Gasteiger partial charge in [-0.3, -0.25) is 10.1 Å². The van der Waals surface area contributed by atoms with Crippen molar-refractivity contribution >= 4 is 11.4 Å². The molecule has 1 fully saturated rings. The number of nitro groups is 1. The highest BCUT2D eigenvalue weighted by molar-refractivity contribution is 5.68.